The van der Waals surface area contributed by atoms with Gasteiger partial charge in [-0.2, -0.15) is 0 Å². The molecule has 0 amide bonds. The Morgan fingerprint density at radius 3 is 2.47 bits per heavy atom. The Kier molecular flexibility index (Phi) is 5.53. The normalized spacial score (nSPS) is 48.1. The van der Waals surface area contributed by atoms with Crippen LogP contribution in [0.15, 0.2) is 30.8 Å². The zero-order valence-corrected chi connectivity index (χ0v) is 20.6. The summed E-state index contributed by atoms with van der Waals surface area (Å²) in [7, 11) is 0. The number of ether oxygens (including phenoxy) is 1. The highest BCUT2D eigenvalue weighted by Gasteiger charge is 2.62. The minimum Gasteiger partial charge on any atom is -0.393 e. The van der Waals surface area contributed by atoms with Crippen LogP contribution in [0.5, 0.6) is 0 Å². The molecule has 1 saturated heterocycles. The molecular weight excluding hydrogens is 431 g/mol. The monoisotopic (exact) mass is 470 g/mol. The van der Waals surface area contributed by atoms with Gasteiger partial charge >= 0.3 is 0 Å². The molecule has 4 nitrogen and oxygen atoms in total. The first-order valence-corrected chi connectivity index (χ1v) is 13.4. The number of halogens is 1. The lowest BCUT2D eigenvalue weighted by atomic mass is 9.45. The maximum absolute atomic E-state index is 13.3. The zero-order chi connectivity index (χ0) is 23.7. The van der Waals surface area contributed by atoms with E-state index >= 15 is 0 Å². The van der Waals surface area contributed by atoms with Crippen molar-refractivity contribution in [1.82, 2.24) is 0 Å². The molecule has 1 aliphatic heterocycles. The van der Waals surface area contributed by atoms with Gasteiger partial charge in [0.05, 0.1) is 12.7 Å². The van der Waals surface area contributed by atoms with Crippen LogP contribution in [0.1, 0.15) is 77.2 Å². The Labute approximate surface area is 202 Å². The van der Waals surface area contributed by atoms with Crippen LogP contribution < -0.4 is 0 Å². The molecule has 0 bridgehead atoms. The van der Waals surface area contributed by atoms with Crippen LogP contribution in [0, 0.1) is 40.3 Å². The fraction of sp³-hybridized carbons (Fsp3) is 0.724. The van der Waals surface area contributed by atoms with Crippen LogP contribution in [0.2, 0.25) is 0 Å². The summed E-state index contributed by atoms with van der Waals surface area (Å²) in [5, 5.41) is 10.7. The van der Waals surface area contributed by atoms with Gasteiger partial charge in [-0.05, 0) is 103 Å². The van der Waals surface area contributed by atoms with Crippen molar-refractivity contribution >= 4 is 5.57 Å². The molecule has 1 aromatic rings. The number of aliphatic hydroxyl groups excluding tert-OH is 1. The molecule has 0 radical (unpaired) electrons. The van der Waals surface area contributed by atoms with Crippen LogP contribution in [0.25, 0.3) is 5.57 Å². The van der Waals surface area contributed by atoms with E-state index in [4.69, 9.17) is 14.5 Å². The highest BCUT2D eigenvalue weighted by atomic mass is 19.1. The summed E-state index contributed by atoms with van der Waals surface area (Å²) < 4.78 is 19.7. The average Bonchev–Trinajstić information content (AvgIpc) is 3.15. The zero-order valence-electron chi connectivity index (χ0n) is 20.6. The molecular formula is C29H39FO4. The third kappa shape index (κ3) is 3.45. The van der Waals surface area contributed by atoms with E-state index in [1.807, 2.05) is 0 Å². The van der Waals surface area contributed by atoms with E-state index < -0.39 is 5.79 Å². The van der Waals surface area contributed by atoms with Gasteiger partial charge in [-0.25, -0.2) is 14.2 Å². The summed E-state index contributed by atoms with van der Waals surface area (Å²) in [6, 6.07) is 6.30. The van der Waals surface area contributed by atoms with Gasteiger partial charge in [-0.15, -0.1) is 0 Å². The van der Waals surface area contributed by atoms with E-state index in [-0.39, 0.29) is 23.4 Å². The Hall–Kier alpha value is -1.27. The fourth-order valence-electron chi connectivity index (χ4n) is 8.81. The molecule has 5 fully saturated rings. The van der Waals surface area contributed by atoms with Gasteiger partial charge in [0.15, 0.2) is 0 Å². The van der Waals surface area contributed by atoms with Crippen LogP contribution in [0.4, 0.5) is 4.39 Å². The molecule has 9 atom stereocenters. The summed E-state index contributed by atoms with van der Waals surface area (Å²) in [5.74, 6) is 1.81. The highest BCUT2D eigenvalue weighted by Crippen LogP contribution is 2.67. The standard InChI is InChI=1S/C29H39FO4/c1-18(19-4-7-21(30)8-5-19)25-17-32-29(34-33-25)15-14-27(2)20(16-29)6-9-22-23-10-11-26(31)28(23,3)13-12-24(22)27/h4-5,7-8,20,22-26,31H,1,6,9-17H2,2-3H3/t20-,22+,23+,24+,25?,26+,27+,28+,29?/m1/s1. The van der Waals surface area contributed by atoms with E-state index in [0.717, 1.165) is 55.1 Å². The largest absolute Gasteiger partial charge is 0.393 e. The molecule has 4 aliphatic carbocycles. The predicted octanol–water partition coefficient (Wildman–Crippen LogP) is 6.29. The third-order valence-corrected chi connectivity index (χ3v) is 11.0. The van der Waals surface area contributed by atoms with E-state index in [1.54, 1.807) is 12.1 Å². The van der Waals surface area contributed by atoms with Gasteiger partial charge in [-0.1, -0.05) is 32.6 Å². The quantitative estimate of drug-likeness (QED) is 0.517. The summed E-state index contributed by atoms with van der Waals surface area (Å²) in [5.41, 5.74) is 2.03. The van der Waals surface area contributed by atoms with Gasteiger partial charge in [-0.3, -0.25) is 0 Å². The molecule has 6 rings (SSSR count). The predicted molar refractivity (Wildman–Crippen MR) is 128 cm³/mol. The van der Waals surface area contributed by atoms with Gasteiger partial charge in [0.25, 0.3) is 0 Å². The van der Waals surface area contributed by atoms with Gasteiger partial charge in [0.2, 0.25) is 5.79 Å². The topological polar surface area (TPSA) is 47.9 Å². The first-order valence-electron chi connectivity index (χ1n) is 13.4. The number of hydrogen-bond acceptors (Lipinski definition) is 4. The molecule has 1 spiro atoms. The lowest BCUT2D eigenvalue weighted by molar-refractivity contribution is -0.489. The van der Waals surface area contributed by atoms with Gasteiger partial charge in [0, 0.05) is 12.8 Å². The molecule has 1 N–H and O–H groups in total. The lowest BCUT2D eigenvalue weighted by Crippen LogP contribution is -2.58. The molecule has 4 saturated carbocycles. The molecule has 2 unspecified atom stereocenters. The number of aliphatic hydroxyl groups is 1. The maximum Gasteiger partial charge on any atom is 0.202 e. The highest BCUT2D eigenvalue weighted by molar-refractivity contribution is 5.66. The third-order valence-electron chi connectivity index (χ3n) is 11.0. The Morgan fingerprint density at radius 2 is 1.74 bits per heavy atom. The number of rotatable bonds is 2. The molecule has 34 heavy (non-hydrogen) atoms. The Morgan fingerprint density at radius 1 is 0.971 bits per heavy atom. The number of fused-ring (bicyclic) bond motifs is 5. The summed E-state index contributed by atoms with van der Waals surface area (Å²) in [4.78, 5) is 11.9. The van der Waals surface area contributed by atoms with Crippen LogP contribution in [-0.2, 0) is 14.5 Å². The maximum atomic E-state index is 13.3. The lowest BCUT2D eigenvalue weighted by Gasteiger charge is -2.62. The first-order chi connectivity index (χ1) is 16.2. The number of hydrogen-bond donors (Lipinski definition) is 1. The SMILES string of the molecule is C=C(c1ccc(F)cc1)C1COC2(CC[C@@]3(C)[C@H](CC[C@@H]4[C@@H]3CC[C@]3(C)[C@@H](O)CC[C@@H]43)C2)OO1. The van der Waals surface area contributed by atoms with Crippen LogP contribution in [0.3, 0.4) is 0 Å². The van der Waals surface area contributed by atoms with Crippen molar-refractivity contribution in [1.29, 1.82) is 0 Å². The Bertz CT molecular complexity index is 938. The second kappa shape index (κ2) is 8.12. The Balaban J connectivity index is 1.13. The average molecular weight is 471 g/mol. The van der Waals surface area contributed by atoms with Crippen molar-refractivity contribution in [3.8, 4) is 0 Å². The second-order valence-corrected chi connectivity index (χ2v) is 12.4. The molecule has 1 aromatic carbocycles. The minimum atomic E-state index is -0.663. The van der Waals surface area contributed by atoms with E-state index in [1.165, 1.54) is 37.8 Å². The van der Waals surface area contributed by atoms with Crippen LogP contribution in [-0.4, -0.2) is 29.7 Å². The molecule has 0 aromatic heterocycles. The fourth-order valence-corrected chi connectivity index (χ4v) is 8.81. The molecule has 1 heterocycles. The van der Waals surface area contributed by atoms with Gasteiger partial charge in [0.1, 0.15) is 11.9 Å². The van der Waals surface area contributed by atoms with E-state index in [0.29, 0.717) is 23.9 Å². The number of benzene rings is 1. The van der Waals surface area contributed by atoms with E-state index in [2.05, 4.69) is 20.4 Å². The molecule has 5 heteroatoms. The summed E-state index contributed by atoms with van der Waals surface area (Å²) >= 11 is 0. The van der Waals surface area contributed by atoms with Crippen molar-refractivity contribution in [2.24, 2.45) is 34.5 Å². The molecule has 186 valence electrons. The van der Waals surface area contributed by atoms with E-state index in [9.17, 15) is 9.50 Å². The smallest absolute Gasteiger partial charge is 0.202 e. The first kappa shape index (κ1) is 23.1. The van der Waals surface area contributed by atoms with Gasteiger partial charge < -0.3 is 9.84 Å². The molecule has 5 aliphatic rings. The van der Waals surface area contributed by atoms with Crippen molar-refractivity contribution in [2.75, 3.05) is 6.61 Å². The minimum absolute atomic E-state index is 0.114. The summed E-state index contributed by atoms with van der Waals surface area (Å²) in [6.07, 6.45) is 9.39. The summed E-state index contributed by atoms with van der Waals surface area (Å²) in [6.45, 7) is 9.43. The van der Waals surface area contributed by atoms with Crippen molar-refractivity contribution in [3.05, 3.63) is 42.2 Å². The van der Waals surface area contributed by atoms with Crippen molar-refractivity contribution < 1.29 is 24.0 Å². The second-order valence-electron chi connectivity index (χ2n) is 12.4. The van der Waals surface area contributed by atoms with Crippen molar-refractivity contribution in [2.45, 2.75) is 89.6 Å². The van der Waals surface area contributed by atoms with Crippen molar-refractivity contribution in [3.63, 3.8) is 0 Å². The van der Waals surface area contributed by atoms with Crippen LogP contribution >= 0.6 is 0 Å².